The van der Waals surface area contributed by atoms with Gasteiger partial charge >= 0.3 is 5.17 Å². The van der Waals surface area contributed by atoms with Gasteiger partial charge in [-0.3, -0.25) is 0 Å². The van der Waals surface area contributed by atoms with Gasteiger partial charge in [-0.25, -0.2) is 9.48 Å². The first kappa shape index (κ1) is 20.0. The van der Waals surface area contributed by atoms with Gasteiger partial charge in [0.05, 0.1) is 17.1 Å². The third-order valence-electron chi connectivity index (χ3n) is 4.81. The summed E-state index contributed by atoms with van der Waals surface area (Å²) in [5.74, 6) is 1.05. The molecule has 0 saturated heterocycles. The monoisotopic (exact) mass is 472 g/mol. The Bertz CT molecular complexity index is 876. The summed E-state index contributed by atoms with van der Waals surface area (Å²) < 4.78 is 2.09. The van der Waals surface area contributed by atoms with E-state index in [0.717, 1.165) is 29.6 Å². The molecule has 0 radical (unpaired) electrons. The maximum Gasteiger partial charge on any atom is 0.316 e. The Balaban J connectivity index is 0.00000196. The predicted octanol–water partition coefficient (Wildman–Crippen LogP) is 1.48. The third kappa shape index (κ3) is 3.29. The highest BCUT2D eigenvalue weighted by atomic mass is 79.9. The largest absolute Gasteiger partial charge is 1.00 e. The second-order valence-electron chi connectivity index (χ2n) is 6.45. The van der Waals surface area contributed by atoms with E-state index < -0.39 is 5.72 Å². The highest BCUT2D eigenvalue weighted by Crippen LogP contribution is 2.41. The number of amidine groups is 1. The second-order valence-corrected chi connectivity index (χ2v) is 8.36. The number of nitrogens with zero attached hydrogens (tertiary/aromatic N) is 2. The van der Waals surface area contributed by atoms with Crippen LogP contribution in [0.25, 0.3) is 0 Å². The molecule has 0 bridgehead atoms. The van der Waals surface area contributed by atoms with Gasteiger partial charge in [0, 0.05) is 10.8 Å². The number of thioether (sulfide) groups is 1. The Morgan fingerprint density at radius 3 is 2.69 bits per heavy atom. The Kier molecular flexibility index (Phi) is 5.95. The van der Waals surface area contributed by atoms with Crippen molar-refractivity contribution in [3.8, 4) is 0 Å². The molecule has 1 atom stereocenters. The lowest BCUT2D eigenvalue weighted by Crippen LogP contribution is -3.00. The normalized spacial score (nSPS) is 22.2. The maximum atomic E-state index is 11.7. The van der Waals surface area contributed by atoms with Crippen LogP contribution in [0.1, 0.15) is 17.5 Å². The SMILES string of the molecule is Cc1ccccc1N1CC(O)(c2ccc(Cl)cc2Cl)[N+]2=C1SCCC2.[Br-]. The third-order valence-corrected chi connectivity index (χ3v) is 6.55. The fourth-order valence-electron chi connectivity index (χ4n) is 3.60. The molecule has 7 heteroatoms. The molecule has 3 nitrogen and oxygen atoms in total. The van der Waals surface area contributed by atoms with Crippen LogP contribution in [0.3, 0.4) is 0 Å². The first-order valence-electron chi connectivity index (χ1n) is 8.29. The molecule has 2 aromatic rings. The average Bonchev–Trinajstić information content (AvgIpc) is 2.89. The van der Waals surface area contributed by atoms with Gasteiger partial charge in [0.25, 0.3) is 5.72 Å². The average molecular weight is 474 g/mol. The smallest absolute Gasteiger partial charge is 0.316 e. The highest BCUT2D eigenvalue weighted by molar-refractivity contribution is 8.13. The lowest BCUT2D eigenvalue weighted by Gasteiger charge is -2.25. The van der Waals surface area contributed by atoms with E-state index in [-0.39, 0.29) is 17.0 Å². The number of hydrogen-bond acceptors (Lipinski definition) is 3. The molecule has 2 heterocycles. The van der Waals surface area contributed by atoms with Crippen LogP contribution >= 0.6 is 35.0 Å². The van der Waals surface area contributed by atoms with Crippen LogP contribution in [0.15, 0.2) is 42.5 Å². The van der Waals surface area contributed by atoms with Crippen LogP contribution in [-0.2, 0) is 5.72 Å². The van der Waals surface area contributed by atoms with Crippen molar-refractivity contribution < 1.29 is 26.7 Å². The lowest BCUT2D eigenvalue weighted by atomic mass is 10.0. The maximum absolute atomic E-state index is 11.7. The van der Waals surface area contributed by atoms with Crippen LogP contribution in [0.4, 0.5) is 5.69 Å². The number of anilines is 1. The molecule has 0 amide bonds. The van der Waals surface area contributed by atoms with Crippen molar-refractivity contribution in [3.63, 3.8) is 0 Å². The van der Waals surface area contributed by atoms with E-state index in [4.69, 9.17) is 23.2 Å². The highest BCUT2D eigenvalue weighted by Gasteiger charge is 2.54. The van der Waals surface area contributed by atoms with Crippen LogP contribution < -0.4 is 21.9 Å². The van der Waals surface area contributed by atoms with Gasteiger partial charge in [-0.15, -0.1) is 0 Å². The number of halogens is 3. The molecule has 26 heavy (non-hydrogen) atoms. The van der Waals surface area contributed by atoms with E-state index >= 15 is 0 Å². The van der Waals surface area contributed by atoms with Crippen LogP contribution in [0.5, 0.6) is 0 Å². The molecule has 1 N–H and O–H groups in total. The van der Waals surface area contributed by atoms with Gasteiger partial charge in [0.2, 0.25) is 0 Å². The van der Waals surface area contributed by atoms with Crippen molar-refractivity contribution in [1.82, 2.24) is 0 Å². The van der Waals surface area contributed by atoms with Gasteiger partial charge in [-0.1, -0.05) is 41.4 Å². The van der Waals surface area contributed by atoms with E-state index in [1.807, 2.05) is 18.2 Å². The summed E-state index contributed by atoms with van der Waals surface area (Å²) in [5.41, 5.74) is 1.85. The Hall–Kier alpha value is -0.720. The number of β-amino-alcohol motifs (C(OH)–C–C–N with tert-alkyl or cyclic N) is 1. The molecule has 2 aromatic carbocycles. The van der Waals surface area contributed by atoms with E-state index in [2.05, 4.69) is 28.5 Å². The number of aryl methyl sites for hydroxylation is 1. The van der Waals surface area contributed by atoms with Gasteiger partial charge in [0.1, 0.15) is 5.69 Å². The van der Waals surface area contributed by atoms with Crippen molar-refractivity contribution in [3.05, 3.63) is 63.6 Å². The first-order chi connectivity index (χ1) is 12.0. The standard InChI is InChI=1S/C19H19Cl2N2OS.BrH/c1-13-5-2-3-6-17(13)22-12-19(24,23-9-4-10-25-18(22)23)15-8-7-14(20)11-16(15)21;/h2-3,5-8,11,24H,4,9-10,12H2,1H3;1H/q+1;/p-1. The minimum Gasteiger partial charge on any atom is -1.00 e. The quantitative estimate of drug-likeness (QED) is 0.669. The number of rotatable bonds is 2. The summed E-state index contributed by atoms with van der Waals surface area (Å²) >= 11 is 14.3. The van der Waals surface area contributed by atoms with Gasteiger partial charge in [0.15, 0.2) is 6.54 Å². The minimum absolute atomic E-state index is 0. The molecule has 0 aromatic heterocycles. The molecule has 0 fully saturated rings. The van der Waals surface area contributed by atoms with E-state index in [9.17, 15) is 5.11 Å². The van der Waals surface area contributed by atoms with Crippen LogP contribution in [0.2, 0.25) is 10.0 Å². The summed E-state index contributed by atoms with van der Waals surface area (Å²) in [4.78, 5) is 2.21. The summed E-state index contributed by atoms with van der Waals surface area (Å²) in [6.07, 6.45) is 1.03. The zero-order chi connectivity index (χ0) is 17.6. The second kappa shape index (κ2) is 7.72. The zero-order valence-corrected chi connectivity index (χ0v) is 18.2. The topological polar surface area (TPSA) is 26.5 Å². The molecule has 2 aliphatic heterocycles. The molecule has 1 unspecified atom stereocenters. The van der Waals surface area contributed by atoms with E-state index in [1.54, 1.807) is 23.9 Å². The fourth-order valence-corrected chi connectivity index (χ4v) is 5.33. The van der Waals surface area contributed by atoms with Crippen LogP contribution in [0, 0.1) is 6.92 Å². The van der Waals surface area contributed by atoms with Crippen molar-refractivity contribution in [2.24, 2.45) is 0 Å². The Morgan fingerprint density at radius 1 is 1.19 bits per heavy atom. The van der Waals surface area contributed by atoms with Gasteiger partial charge < -0.3 is 22.1 Å². The Labute approximate surface area is 178 Å². The minimum atomic E-state index is -1.16. The summed E-state index contributed by atoms with van der Waals surface area (Å²) in [5, 5.41) is 13.8. The van der Waals surface area contributed by atoms with Crippen molar-refractivity contribution in [2.45, 2.75) is 19.1 Å². The Morgan fingerprint density at radius 2 is 1.96 bits per heavy atom. The summed E-state index contributed by atoms with van der Waals surface area (Å²) in [6, 6.07) is 13.6. The van der Waals surface area contributed by atoms with Gasteiger partial charge in [-0.2, -0.15) is 0 Å². The molecule has 0 spiro atoms. The van der Waals surface area contributed by atoms with Gasteiger partial charge in [-0.05, 0) is 54.9 Å². The molecule has 4 rings (SSSR count). The number of aliphatic hydroxyl groups is 1. The molecule has 0 saturated carbocycles. The van der Waals surface area contributed by atoms with E-state index in [1.165, 1.54) is 5.56 Å². The predicted molar refractivity (Wildman–Crippen MR) is 106 cm³/mol. The van der Waals surface area contributed by atoms with Crippen LogP contribution in [-0.4, -0.2) is 33.7 Å². The molecule has 138 valence electrons. The van der Waals surface area contributed by atoms with Crippen molar-refractivity contribution in [2.75, 3.05) is 23.7 Å². The molecule has 0 aliphatic carbocycles. The zero-order valence-electron chi connectivity index (χ0n) is 14.3. The molecular formula is C19H19BrCl2N2OS. The first-order valence-corrected chi connectivity index (χ1v) is 10.0. The fraction of sp³-hybridized carbons (Fsp3) is 0.316. The summed E-state index contributed by atoms with van der Waals surface area (Å²) in [6.45, 7) is 3.35. The number of benzene rings is 2. The number of hydrogen-bond donors (Lipinski definition) is 1. The van der Waals surface area contributed by atoms with E-state index in [0.29, 0.717) is 22.2 Å². The number of para-hydroxylation sites is 1. The molecular weight excluding hydrogens is 455 g/mol. The van der Waals surface area contributed by atoms with Crippen molar-refractivity contribution >= 4 is 45.8 Å². The molecule has 2 aliphatic rings. The summed E-state index contributed by atoms with van der Waals surface area (Å²) in [7, 11) is 0. The lowest BCUT2D eigenvalue weighted by molar-refractivity contribution is -0.656. The van der Waals surface area contributed by atoms with Crippen molar-refractivity contribution in [1.29, 1.82) is 0 Å².